The highest BCUT2D eigenvalue weighted by atomic mass is 79.9. The van der Waals surface area contributed by atoms with E-state index in [0.717, 1.165) is 17.7 Å². The standard InChI is InChI=1S/C25H24BrN3O3/c1-3-17-10-4-8-14-21(17)27-23(30)16-29(2)25(32)19-12-6-9-15-22(19)28-24(31)18-11-5-7-13-20(18)26/h4-15H,3,16H2,1-2H3,(H,27,30)(H,28,31). The van der Waals surface area contributed by atoms with Crippen LogP contribution in [0, 0.1) is 0 Å². The molecule has 0 bridgehead atoms. The molecule has 32 heavy (non-hydrogen) atoms. The number of nitrogens with zero attached hydrogens (tertiary/aromatic N) is 1. The Morgan fingerprint density at radius 2 is 1.41 bits per heavy atom. The minimum Gasteiger partial charge on any atom is -0.332 e. The van der Waals surface area contributed by atoms with Crippen molar-refractivity contribution in [2.75, 3.05) is 24.2 Å². The Balaban J connectivity index is 1.71. The van der Waals surface area contributed by atoms with Crippen LogP contribution >= 0.6 is 15.9 Å². The second-order valence-corrected chi connectivity index (χ2v) is 8.05. The van der Waals surface area contributed by atoms with Crippen molar-refractivity contribution >= 4 is 45.0 Å². The van der Waals surface area contributed by atoms with Gasteiger partial charge in [0.25, 0.3) is 11.8 Å². The molecule has 3 aromatic rings. The highest BCUT2D eigenvalue weighted by molar-refractivity contribution is 9.10. The molecule has 0 spiro atoms. The van der Waals surface area contributed by atoms with Gasteiger partial charge in [-0.2, -0.15) is 0 Å². The number of benzene rings is 3. The third kappa shape index (κ3) is 5.62. The van der Waals surface area contributed by atoms with Gasteiger partial charge in [0.1, 0.15) is 0 Å². The molecule has 0 radical (unpaired) electrons. The molecule has 7 heteroatoms. The maximum atomic E-state index is 13.0. The van der Waals surface area contributed by atoms with E-state index in [1.54, 1.807) is 49.5 Å². The van der Waals surface area contributed by atoms with Crippen molar-refractivity contribution < 1.29 is 14.4 Å². The van der Waals surface area contributed by atoms with E-state index in [1.807, 2.05) is 37.3 Å². The van der Waals surface area contributed by atoms with Crippen LogP contribution in [-0.2, 0) is 11.2 Å². The fourth-order valence-electron chi connectivity index (χ4n) is 3.25. The summed E-state index contributed by atoms with van der Waals surface area (Å²) in [4.78, 5) is 39.6. The number of hydrogen-bond acceptors (Lipinski definition) is 3. The van der Waals surface area contributed by atoms with Gasteiger partial charge in [-0.25, -0.2) is 0 Å². The Morgan fingerprint density at radius 1 is 0.812 bits per heavy atom. The minimum atomic E-state index is -0.369. The zero-order valence-corrected chi connectivity index (χ0v) is 19.5. The van der Waals surface area contributed by atoms with Crippen LogP contribution in [0.4, 0.5) is 11.4 Å². The molecule has 6 nitrogen and oxygen atoms in total. The van der Waals surface area contributed by atoms with Gasteiger partial charge in [0.2, 0.25) is 5.91 Å². The molecule has 2 N–H and O–H groups in total. The van der Waals surface area contributed by atoms with Gasteiger partial charge in [-0.05, 0) is 58.2 Å². The lowest BCUT2D eigenvalue weighted by Gasteiger charge is -2.19. The van der Waals surface area contributed by atoms with E-state index in [1.165, 1.54) is 4.90 Å². The number of anilines is 2. The van der Waals surface area contributed by atoms with E-state index in [9.17, 15) is 14.4 Å². The number of nitrogens with one attached hydrogen (secondary N) is 2. The lowest BCUT2D eigenvalue weighted by atomic mass is 10.1. The predicted molar refractivity (Wildman–Crippen MR) is 130 cm³/mol. The van der Waals surface area contributed by atoms with Crippen LogP contribution in [0.25, 0.3) is 0 Å². The SMILES string of the molecule is CCc1ccccc1NC(=O)CN(C)C(=O)c1ccccc1NC(=O)c1ccccc1Br. The minimum absolute atomic E-state index is 0.122. The number of carbonyl (C=O) groups excluding carboxylic acids is 3. The molecule has 0 aliphatic heterocycles. The number of likely N-dealkylation sites (N-methyl/N-ethyl adjacent to an activating group) is 1. The monoisotopic (exact) mass is 493 g/mol. The van der Waals surface area contributed by atoms with Crippen LogP contribution in [0.5, 0.6) is 0 Å². The smallest absolute Gasteiger partial charge is 0.256 e. The van der Waals surface area contributed by atoms with Crippen molar-refractivity contribution in [1.29, 1.82) is 0 Å². The summed E-state index contributed by atoms with van der Waals surface area (Å²) in [5.74, 6) is -1.00. The summed E-state index contributed by atoms with van der Waals surface area (Å²) in [6.45, 7) is 1.89. The van der Waals surface area contributed by atoms with Crippen molar-refractivity contribution in [2.24, 2.45) is 0 Å². The number of hydrogen-bond donors (Lipinski definition) is 2. The first-order valence-corrected chi connectivity index (χ1v) is 11.0. The average molecular weight is 494 g/mol. The Morgan fingerprint density at radius 3 is 2.09 bits per heavy atom. The fourth-order valence-corrected chi connectivity index (χ4v) is 3.71. The van der Waals surface area contributed by atoms with Crippen LogP contribution in [0.3, 0.4) is 0 Å². The van der Waals surface area contributed by atoms with Gasteiger partial charge in [0.15, 0.2) is 0 Å². The summed E-state index contributed by atoms with van der Waals surface area (Å²) >= 11 is 3.36. The van der Waals surface area contributed by atoms with Crippen LogP contribution in [0.1, 0.15) is 33.2 Å². The summed E-state index contributed by atoms with van der Waals surface area (Å²) in [5.41, 5.74) is 2.90. The first-order valence-electron chi connectivity index (χ1n) is 10.2. The van der Waals surface area contributed by atoms with Gasteiger partial charge in [0.05, 0.1) is 23.4 Å². The highest BCUT2D eigenvalue weighted by Crippen LogP contribution is 2.21. The first kappa shape index (κ1) is 23.2. The fraction of sp³-hybridized carbons (Fsp3) is 0.160. The van der Waals surface area contributed by atoms with E-state index >= 15 is 0 Å². The van der Waals surface area contributed by atoms with Crippen LogP contribution in [0.15, 0.2) is 77.3 Å². The molecular formula is C25H24BrN3O3. The number of aryl methyl sites for hydroxylation is 1. The molecule has 0 saturated heterocycles. The summed E-state index contributed by atoms with van der Waals surface area (Å²) in [7, 11) is 1.56. The van der Waals surface area contributed by atoms with Gasteiger partial charge in [-0.15, -0.1) is 0 Å². The maximum Gasteiger partial charge on any atom is 0.256 e. The average Bonchev–Trinajstić information content (AvgIpc) is 2.79. The molecule has 0 saturated carbocycles. The molecule has 3 amide bonds. The number of rotatable bonds is 7. The van der Waals surface area contributed by atoms with Gasteiger partial charge in [-0.3, -0.25) is 14.4 Å². The molecule has 3 rings (SSSR count). The van der Waals surface area contributed by atoms with Gasteiger partial charge in [-0.1, -0.05) is 49.4 Å². The van der Waals surface area contributed by atoms with E-state index in [4.69, 9.17) is 0 Å². The van der Waals surface area contributed by atoms with Crippen molar-refractivity contribution in [2.45, 2.75) is 13.3 Å². The summed E-state index contributed by atoms with van der Waals surface area (Å²) in [6.07, 6.45) is 0.788. The van der Waals surface area contributed by atoms with Crippen molar-refractivity contribution in [1.82, 2.24) is 4.90 Å². The predicted octanol–water partition coefficient (Wildman–Crippen LogP) is 4.97. The molecule has 164 valence electrons. The molecule has 0 aromatic heterocycles. The van der Waals surface area contributed by atoms with Gasteiger partial charge >= 0.3 is 0 Å². The van der Waals surface area contributed by atoms with Crippen molar-refractivity contribution in [3.8, 4) is 0 Å². The second-order valence-electron chi connectivity index (χ2n) is 7.20. The lowest BCUT2D eigenvalue weighted by Crippen LogP contribution is -2.35. The Hall–Kier alpha value is -3.45. The van der Waals surface area contributed by atoms with E-state index < -0.39 is 0 Å². The third-order valence-corrected chi connectivity index (χ3v) is 5.62. The second kappa shape index (κ2) is 10.7. The van der Waals surface area contributed by atoms with Crippen molar-refractivity contribution in [3.05, 3.63) is 94.0 Å². The lowest BCUT2D eigenvalue weighted by molar-refractivity contribution is -0.116. The van der Waals surface area contributed by atoms with E-state index in [2.05, 4.69) is 26.6 Å². The number of carbonyl (C=O) groups is 3. The highest BCUT2D eigenvalue weighted by Gasteiger charge is 2.20. The molecule has 0 aliphatic carbocycles. The van der Waals surface area contributed by atoms with Crippen LogP contribution in [-0.4, -0.2) is 36.2 Å². The number of para-hydroxylation sites is 2. The third-order valence-electron chi connectivity index (χ3n) is 4.92. The Bertz CT molecular complexity index is 1150. The summed E-state index contributed by atoms with van der Waals surface area (Å²) < 4.78 is 0.655. The quantitative estimate of drug-likeness (QED) is 0.487. The van der Waals surface area contributed by atoms with Crippen LogP contribution in [0.2, 0.25) is 0 Å². The summed E-state index contributed by atoms with van der Waals surface area (Å²) in [5, 5.41) is 5.66. The van der Waals surface area contributed by atoms with Gasteiger partial charge < -0.3 is 15.5 Å². The summed E-state index contributed by atoms with van der Waals surface area (Å²) in [6, 6.07) is 21.3. The molecule has 0 heterocycles. The normalized spacial score (nSPS) is 10.3. The van der Waals surface area contributed by atoms with Gasteiger partial charge in [0, 0.05) is 17.2 Å². The number of halogens is 1. The Kier molecular flexibility index (Phi) is 7.78. The first-order chi connectivity index (χ1) is 15.4. The molecule has 0 unspecified atom stereocenters. The zero-order valence-electron chi connectivity index (χ0n) is 17.9. The molecule has 0 fully saturated rings. The topological polar surface area (TPSA) is 78.5 Å². The molecular weight excluding hydrogens is 470 g/mol. The molecule has 0 atom stereocenters. The zero-order chi connectivity index (χ0) is 23.1. The molecule has 0 aliphatic rings. The largest absolute Gasteiger partial charge is 0.332 e. The van der Waals surface area contributed by atoms with Crippen LogP contribution < -0.4 is 10.6 Å². The maximum absolute atomic E-state index is 13.0. The van der Waals surface area contributed by atoms with Crippen molar-refractivity contribution in [3.63, 3.8) is 0 Å². The Labute approximate surface area is 195 Å². The molecule has 3 aromatic carbocycles. The van der Waals surface area contributed by atoms with E-state index in [-0.39, 0.29) is 24.3 Å². The number of amides is 3. The van der Waals surface area contributed by atoms with E-state index in [0.29, 0.717) is 21.3 Å².